The summed E-state index contributed by atoms with van der Waals surface area (Å²) in [4.78, 5) is 27.3. The van der Waals surface area contributed by atoms with Crippen LogP contribution in [0.2, 0.25) is 0 Å². The number of hydrogen-bond acceptors (Lipinski definition) is 7. The van der Waals surface area contributed by atoms with Crippen LogP contribution in [0.3, 0.4) is 0 Å². The van der Waals surface area contributed by atoms with Crippen LogP contribution in [0.4, 0.5) is 4.79 Å². The normalized spacial score (nSPS) is 20.6. The van der Waals surface area contributed by atoms with Gasteiger partial charge in [-0.25, -0.2) is 4.79 Å². The first-order valence-electron chi connectivity index (χ1n) is 7.94. The molecule has 2 aliphatic heterocycles. The van der Waals surface area contributed by atoms with Crippen molar-refractivity contribution < 1.29 is 14.0 Å². The Labute approximate surface area is 139 Å². The molecule has 126 valence electrons. The summed E-state index contributed by atoms with van der Waals surface area (Å²) in [6.07, 6.45) is 3.70. The first-order valence-corrected chi connectivity index (χ1v) is 8.82. The third-order valence-electron chi connectivity index (χ3n) is 4.00. The summed E-state index contributed by atoms with van der Waals surface area (Å²) in [5, 5.41) is 10.6. The Hall–Kier alpha value is -1.61. The maximum Gasteiger partial charge on any atom is 0.324 e. The van der Waals surface area contributed by atoms with Crippen LogP contribution in [0.1, 0.15) is 32.1 Å². The third kappa shape index (κ3) is 4.03. The van der Waals surface area contributed by atoms with Crippen molar-refractivity contribution in [1.82, 2.24) is 25.3 Å². The molecule has 0 spiro atoms. The van der Waals surface area contributed by atoms with Crippen molar-refractivity contribution in [2.75, 3.05) is 26.2 Å². The topological polar surface area (TPSA) is 91.6 Å². The van der Waals surface area contributed by atoms with Crippen LogP contribution >= 0.6 is 11.8 Å². The summed E-state index contributed by atoms with van der Waals surface area (Å²) in [5.74, 6) is 0.341. The molecular formula is C14H21N5O3S. The highest BCUT2D eigenvalue weighted by molar-refractivity contribution is 8.00. The monoisotopic (exact) mass is 339 g/mol. The fraction of sp³-hybridized carbons (Fsp3) is 0.714. The largest absolute Gasteiger partial charge is 0.415 e. The lowest BCUT2D eigenvalue weighted by Gasteiger charge is -2.24. The van der Waals surface area contributed by atoms with E-state index in [1.165, 1.54) is 35.9 Å². The number of aromatic nitrogens is 2. The zero-order valence-corrected chi connectivity index (χ0v) is 14.0. The van der Waals surface area contributed by atoms with Gasteiger partial charge in [0.25, 0.3) is 5.22 Å². The van der Waals surface area contributed by atoms with E-state index in [-0.39, 0.29) is 11.9 Å². The summed E-state index contributed by atoms with van der Waals surface area (Å²) >= 11 is 1.19. The van der Waals surface area contributed by atoms with Crippen molar-refractivity contribution in [2.45, 2.75) is 43.2 Å². The maximum atomic E-state index is 12.2. The lowest BCUT2D eigenvalue weighted by atomic mass is 10.1. The van der Waals surface area contributed by atoms with E-state index in [2.05, 4.69) is 20.4 Å². The Morgan fingerprint density at radius 3 is 2.78 bits per heavy atom. The molecule has 1 aromatic rings. The van der Waals surface area contributed by atoms with E-state index in [1.807, 2.05) is 0 Å². The van der Waals surface area contributed by atoms with Gasteiger partial charge < -0.3 is 9.73 Å². The van der Waals surface area contributed by atoms with Crippen molar-refractivity contribution in [1.29, 1.82) is 0 Å². The minimum absolute atomic E-state index is 0.235. The van der Waals surface area contributed by atoms with E-state index in [0.29, 0.717) is 30.7 Å². The molecule has 0 aliphatic carbocycles. The number of likely N-dealkylation sites (tertiary alicyclic amines) is 1. The molecule has 2 aliphatic rings. The van der Waals surface area contributed by atoms with Gasteiger partial charge in [-0.2, -0.15) is 0 Å². The second kappa shape index (κ2) is 7.31. The molecule has 1 N–H and O–H groups in total. The van der Waals surface area contributed by atoms with Crippen LogP contribution in [-0.4, -0.2) is 63.4 Å². The van der Waals surface area contributed by atoms with Gasteiger partial charge >= 0.3 is 6.03 Å². The minimum atomic E-state index is -0.442. The van der Waals surface area contributed by atoms with Crippen LogP contribution in [0.5, 0.6) is 0 Å². The summed E-state index contributed by atoms with van der Waals surface area (Å²) in [6, 6.07) is -0.334. The predicted molar refractivity (Wildman–Crippen MR) is 83.9 cm³/mol. The van der Waals surface area contributed by atoms with Crippen LogP contribution in [0.25, 0.3) is 0 Å². The molecule has 0 saturated carbocycles. The summed E-state index contributed by atoms with van der Waals surface area (Å²) in [6.45, 7) is 5.43. The van der Waals surface area contributed by atoms with E-state index >= 15 is 0 Å². The van der Waals surface area contributed by atoms with Gasteiger partial charge in [0.1, 0.15) is 0 Å². The third-order valence-corrected chi connectivity index (χ3v) is 4.93. The molecule has 8 nitrogen and oxygen atoms in total. The molecule has 2 saturated heterocycles. The van der Waals surface area contributed by atoms with E-state index < -0.39 is 5.25 Å². The minimum Gasteiger partial charge on any atom is -0.415 e. The Kier molecular flexibility index (Phi) is 5.16. The molecule has 3 heterocycles. The second-order valence-electron chi connectivity index (χ2n) is 5.78. The maximum absolute atomic E-state index is 12.2. The van der Waals surface area contributed by atoms with Crippen LogP contribution < -0.4 is 5.32 Å². The van der Waals surface area contributed by atoms with Crippen molar-refractivity contribution in [3.8, 4) is 0 Å². The number of nitrogens with one attached hydrogen (secondary N) is 1. The van der Waals surface area contributed by atoms with Gasteiger partial charge in [0, 0.05) is 13.1 Å². The Bertz CT molecular complexity index is 573. The number of hydrogen-bond donors (Lipinski definition) is 1. The highest BCUT2D eigenvalue weighted by Crippen LogP contribution is 2.24. The first kappa shape index (κ1) is 16.3. The number of nitrogens with zero attached hydrogens (tertiary/aromatic N) is 4. The van der Waals surface area contributed by atoms with Crippen molar-refractivity contribution >= 4 is 23.7 Å². The standard InChI is InChI=1S/C14H21N5O3S/c1-10(12(20)19-8-5-15-13(19)21)23-14-17-16-11(22-14)9-18-6-3-2-4-7-18/h10H,2-9H2,1H3,(H,15,21)/t10-/m0/s1. The van der Waals surface area contributed by atoms with Gasteiger partial charge in [-0.15, -0.1) is 10.2 Å². The van der Waals surface area contributed by atoms with Crippen LogP contribution in [0.15, 0.2) is 9.64 Å². The molecule has 1 atom stereocenters. The van der Waals surface area contributed by atoms with Gasteiger partial charge in [-0.05, 0) is 32.9 Å². The average molecular weight is 339 g/mol. The quantitative estimate of drug-likeness (QED) is 0.803. The van der Waals surface area contributed by atoms with Crippen molar-refractivity contribution in [3.05, 3.63) is 5.89 Å². The van der Waals surface area contributed by atoms with E-state index in [4.69, 9.17) is 4.42 Å². The SMILES string of the molecule is C[C@H](Sc1nnc(CN2CCCCC2)o1)C(=O)N1CCNC1=O. The summed E-state index contributed by atoms with van der Waals surface area (Å²) < 4.78 is 5.62. The van der Waals surface area contributed by atoms with E-state index in [1.54, 1.807) is 6.92 Å². The van der Waals surface area contributed by atoms with Crippen molar-refractivity contribution in [3.63, 3.8) is 0 Å². The highest BCUT2D eigenvalue weighted by Gasteiger charge is 2.31. The van der Waals surface area contributed by atoms with E-state index in [0.717, 1.165) is 13.1 Å². The van der Waals surface area contributed by atoms with Gasteiger partial charge in [0.05, 0.1) is 11.8 Å². The molecule has 23 heavy (non-hydrogen) atoms. The molecule has 1 aromatic heterocycles. The lowest BCUT2D eigenvalue weighted by molar-refractivity contribution is -0.126. The molecule has 3 amide bonds. The van der Waals surface area contributed by atoms with Crippen LogP contribution in [0, 0.1) is 0 Å². The fourth-order valence-corrected chi connectivity index (χ4v) is 3.52. The lowest BCUT2D eigenvalue weighted by Crippen LogP contribution is -2.38. The summed E-state index contributed by atoms with van der Waals surface area (Å²) in [5.41, 5.74) is 0. The number of piperidine rings is 1. The molecule has 0 unspecified atom stereocenters. The Morgan fingerprint density at radius 1 is 1.30 bits per heavy atom. The molecule has 0 bridgehead atoms. The molecular weight excluding hydrogens is 318 g/mol. The van der Waals surface area contributed by atoms with Gasteiger partial charge in [0.15, 0.2) is 0 Å². The van der Waals surface area contributed by atoms with Crippen molar-refractivity contribution in [2.24, 2.45) is 0 Å². The fourth-order valence-electron chi connectivity index (χ4n) is 2.76. The number of rotatable bonds is 5. The smallest absolute Gasteiger partial charge is 0.324 e. The first-order chi connectivity index (χ1) is 11.1. The zero-order chi connectivity index (χ0) is 16.2. The van der Waals surface area contributed by atoms with Gasteiger partial charge in [-0.3, -0.25) is 14.6 Å². The zero-order valence-electron chi connectivity index (χ0n) is 13.2. The predicted octanol–water partition coefficient (Wildman–Crippen LogP) is 1.09. The molecule has 3 rings (SSSR count). The number of amides is 3. The molecule has 0 radical (unpaired) electrons. The van der Waals surface area contributed by atoms with Crippen LogP contribution in [-0.2, 0) is 11.3 Å². The van der Waals surface area contributed by atoms with Gasteiger partial charge in [0.2, 0.25) is 11.8 Å². The number of carbonyl (C=O) groups is 2. The molecule has 0 aromatic carbocycles. The number of urea groups is 1. The number of imide groups is 1. The highest BCUT2D eigenvalue weighted by atomic mass is 32.2. The summed E-state index contributed by atoms with van der Waals surface area (Å²) in [7, 11) is 0. The van der Waals surface area contributed by atoms with Gasteiger partial charge in [-0.1, -0.05) is 18.2 Å². The number of thioether (sulfide) groups is 1. The molecule has 9 heteroatoms. The Balaban J connectivity index is 1.53. The number of carbonyl (C=O) groups excluding carboxylic acids is 2. The molecule has 2 fully saturated rings. The average Bonchev–Trinajstić information content (AvgIpc) is 3.16. The Morgan fingerprint density at radius 2 is 2.09 bits per heavy atom. The van der Waals surface area contributed by atoms with E-state index in [9.17, 15) is 9.59 Å². The second-order valence-corrected chi connectivity index (χ2v) is 7.07.